The van der Waals surface area contributed by atoms with Crippen LogP contribution in [-0.2, 0) is 9.22 Å². The lowest BCUT2D eigenvalue weighted by molar-refractivity contribution is -0.130. The van der Waals surface area contributed by atoms with Crippen LogP contribution >= 0.6 is 0 Å². The fourth-order valence-electron chi connectivity index (χ4n) is 1.16. The van der Waals surface area contributed by atoms with Crippen LogP contribution in [0.4, 0.5) is 0 Å². The van der Waals surface area contributed by atoms with Gasteiger partial charge in [0, 0.05) is 0 Å². The quantitative estimate of drug-likeness (QED) is 0.488. The first-order chi connectivity index (χ1) is 5.48. The van der Waals surface area contributed by atoms with E-state index in [4.69, 9.17) is 4.43 Å². The van der Waals surface area contributed by atoms with Crippen LogP contribution in [0.15, 0.2) is 0 Å². The van der Waals surface area contributed by atoms with Gasteiger partial charge in [0.1, 0.15) is 0 Å². The van der Waals surface area contributed by atoms with Crippen LogP contribution in [-0.4, -0.2) is 14.3 Å². The number of hydrogen-bond acceptors (Lipinski definition) is 2. The zero-order valence-electron chi connectivity index (χ0n) is 8.35. The third-order valence-electron chi connectivity index (χ3n) is 1.77. The SMILES string of the molecule is [CH2]C(=O)O[Si](C)(C)CCCCC. The summed E-state index contributed by atoms with van der Waals surface area (Å²) in [5, 5.41) is 0. The highest BCUT2D eigenvalue weighted by atomic mass is 28.4. The number of rotatable bonds is 5. The lowest BCUT2D eigenvalue weighted by Crippen LogP contribution is -2.32. The van der Waals surface area contributed by atoms with Gasteiger partial charge in [0.25, 0.3) is 5.97 Å². The third kappa shape index (κ3) is 6.40. The van der Waals surface area contributed by atoms with Crippen molar-refractivity contribution < 1.29 is 9.22 Å². The fourth-order valence-corrected chi connectivity index (χ4v) is 2.98. The number of hydrogen-bond donors (Lipinski definition) is 0. The van der Waals surface area contributed by atoms with Gasteiger partial charge < -0.3 is 4.43 Å². The number of unbranched alkanes of at least 4 members (excludes halogenated alkanes) is 2. The zero-order chi connectivity index (χ0) is 9.61. The molecule has 3 heteroatoms. The highest BCUT2D eigenvalue weighted by Gasteiger charge is 2.24. The Balaban J connectivity index is 3.63. The van der Waals surface area contributed by atoms with Crippen molar-refractivity contribution >= 4 is 14.3 Å². The predicted octanol–water partition coefficient (Wildman–Crippen LogP) is 2.76. The van der Waals surface area contributed by atoms with Gasteiger partial charge in [-0.2, -0.15) is 0 Å². The van der Waals surface area contributed by atoms with Crippen LogP contribution in [0.25, 0.3) is 0 Å². The second-order valence-electron chi connectivity index (χ2n) is 3.69. The second kappa shape index (κ2) is 5.35. The molecule has 71 valence electrons. The van der Waals surface area contributed by atoms with Crippen molar-refractivity contribution in [3.05, 3.63) is 6.92 Å². The van der Waals surface area contributed by atoms with Crippen molar-refractivity contribution in [2.24, 2.45) is 0 Å². The molecule has 0 saturated carbocycles. The van der Waals surface area contributed by atoms with Gasteiger partial charge in [-0.3, -0.25) is 4.79 Å². The summed E-state index contributed by atoms with van der Waals surface area (Å²) in [6.45, 7) is 9.52. The molecule has 12 heavy (non-hydrogen) atoms. The number of carbonyl (C=O) groups excluding carboxylic acids is 1. The Morgan fingerprint density at radius 1 is 1.42 bits per heavy atom. The van der Waals surface area contributed by atoms with Crippen molar-refractivity contribution in [1.29, 1.82) is 0 Å². The Kier molecular flexibility index (Phi) is 5.21. The van der Waals surface area contributed by atoms with Gasteiger partial charge in [-0.1, -0.05) is 26.2 Å². The maximum absolute atomic E-state index is 10.6. The van der Waals surface area contributed by atoms with E-state index in [1.165, 1.54) is 19.3 Å². The Morgan fingerprint density at radius 2 is 2.00 bits per heavy atom. The molecule has 2 nitrogen and oxygen atoms in total. The molecular formula is C9H19O2Si. The van der Waals surface area contributed by atoms with E-state index in [-0.39, 0.29) is 5.97 Å². The molecule has 0 saturated heterocycles. The molecule has 0 rings (SSSR count). The lowest BCUT2D eigenvalue weighted by atomic mass is 10.3. The van der Waals surface area contributed by atoms with E-state index in [0.717, 1.165) is 6.04 Å². The molecular weight excluding hydrogens is 168 g/mol. The molecule has 0 N–H and O–H groups in total. The highest BCUT2D eigenvalue weighted by Crippen LogP contribution is 2.15. The van der Waals surface area contributed by atoms with Gasteiger partial charge >= 0.3 is 0 Å². The highest BCUT2D eigenvalue weighted by molar-refractivity contribution is 6.72. The van der Waals surface area contributed by atoms with E-state index in [1.807, 2.05) is 0 Å². The molecule has 0 aliphatic carbocycles. The summed E-state index contributed by atoms with van der Waals surface area (Å²) in [6.07, 6.45) is 3.61. The van der Waals surface area contributed by atoms with Crippen LogP contribution in [0.3, 0.4) is 0 Å². The standard InChI is InChI=1S/C9H19O2Si/c1-5-6-7-8-12(3,4)11-9(2)10/h2,5-8H2,1,3-4H3. The summed E-state index contributed by atoms with van der Waals surface area (Å²) in [7, 11) is -1.72. The molecule has 0 fully saturated rings. The maximum atomic E-state index is 10.6. The van der Waals surface area contributed by atoms with Crippen LogP contribution in [0, 0.1) is 6.92 Å². The van der Waals surface area contributed by atoms with Crippen LogP contribution in [0.5, 0.6) is 0 Å². The molecule has 0 atom stereocenters. The summed E-state index contributed by atoms with van der Waals surface area (Å²) >= 11 is 0. The maximum Gasteiger partial charge on any atom is 0.293 e. The molecule has 0 heterocycles. The average Bonchev–Trinajstić information content (AvgIpc) is 1.84. The number of carbonyl (C=O) groups is 1. The minimum atomic E-state index is -1.72. The Hall–Kier alpha value is -0.313. The van der Waals surface area contributed by atoms with Gasteiger partial charge in [-0.25, -0.2) is 0 Å². The minimum Gasteiger partial charge on any atom is -0.520 e. The molecule has 0 bridgehead atoms. The summed E-state index contributed by atoms with van der Waals surface area (Å²) in [5.41, 5.74) is 0. The Bertz CT molecular complexity index is 143. The van der Waals surface area contributed by atoms with E-state index >= 15 is 0 Å². The van der Waals surface area contributed by atoms with Gasteiger partial charge in [0.15, 0.2) is 0 Å². The van der Waals surface area contributed by atoms with Gasteiger partial charge in [0.2, 0.25) is 8.32 Å². The van der Waals surface area contributed by atoms with E-state index in [2.05, 4.69) is 26.9 Å². The van der Waals surface area contributed by atoms with Crippen LogP contribution in [0.2, 0.25) is 19.1 Å². The van der Waals surface area contributed by atoms with E-state index in [9.17, 15) is 4.79 Å². The van der Waals surface area contributed by atoms with Crippen molar-refractivity contribution in [3.8, 4) is 0 Å². The first-order valence-corrected chi connectivity index (χ1v) is 7.64. The third-order valence-corrected chi connectivity index (χ3v) is 4.11. The van der Waals surface area contributed by atoms with Crippen molar-refractivity contribution in [2.75, 3.05) is 0 Å². The van der Waals surface area contributed by atoms with Crippen molar-refractivity contribution in [2.45, 2.75) is 45.3 Å². The first-order valence-electron chi connectivity index (χ1n) is 4.53. The van der Waals surface area contributed by atoms with E-state index in [1.54, 1.807) is 0 Å². The van der Waals surface area contributed by atoms with Crippen molar-refractivity contribution in [3.63, 3.8) is 0 Å². The summed E-state index contributed by atoms with van der Waals surface area (Å²) in [5.74, 6) is -0.372. The lowest BCUT2D eigenvalue weighted by Gasteiger charge is -2.21. The smallest absolute Gasteiger partial charge is 0.293 e. The summed E-state index contributed by atoms with van der Waals surface area (Å²) in [6, 6.07) is 1.06. The Morgan fingerprint density at radius 3 is 2.42 bits per heavy atom. The molecule has 0 aromatic carbocycles. The normalized spacial score (nSPS) is 11.3. The van der Waals surface area contributed by atoms with Crippen LogP contribution in [0.1, 0.15) is 26.2 Å². The minimum absolute atomic E-state index is 0.372. The monoisotopic (exact) mass is 187 g/mol. The molecule has 0 aliphatic rings. The molecule has 0 spiro atoms. The molecule has 0 aromatic heterocycles. The van der Waals surface area contributed by atoms with Gasteiger partial charge in [-0.05, 0) is 19.1 Å². The molecule has 0 aliphatic heterocycles. The molecule has 0 unspecified atom stereocenters. The van der Waals surface area contributed by atoms with Gasteiger partial charge in [-0.15, -0.1) is 0 Å². The largest absolute Gasteiger partial charge is 0.520 e. The summed E-state index contributed by atoms with van der Waals surface area (Å²) in [4.78, 5) is 10.6. The first kappa shape index (κ1) is 11.7. The van der Waals surface area contributed by atoms with Gasteiger partial charge in [0.05, 0.1) is 6.92 Å². The molecule has 0 aromatic rings. The Labute approximate surface area is 76.4 Å². The summed E-state index contributed by atoms with van der Waals surface area (Å²) < 4.78 is 5.17. The average molecular weight is 187 g/mol. The second-order valence-corrected chi connectivity index (χ2v) is 7.91. The van der Waals surface area contributed by atoms with E-state index in [0.29, 0.717) is 0 Å². The van der Waals surface area contributed by atoms with Crippen molar-refractivity contribution in [1.82, 2.24) is 0 Å². The fraction of sp³-hybridized carbons (Fsp3) is 0.778. The molecule has 0 amide bonds. The van der Waals surface area contributed by atoms with E-state index < -0.39 is 8.32 Å². The van der Waals surface area contributed by atoms with Crippen LogP contribution < -0.4 is 0 Å². The zero-order valence-corrected chi connectivity index (χ0v) is 9.35. The predicted molar refractivity (Wildman–Crippen MR) is 53.3 cm³/mol. The molecule has 1 radical (unpaired) electrons. The topological polar surface area (TPSA) is 26.3 Å².